The van der Waals surface area contributed by atoms with Gasteiger partial charge in [-0.1, -0.05) is 34.1 Å². The number of rotatable bonds is 3. The van der Waals surface area contributed by atoms with Crippen molar-refractivity contribution in [3.63, 3.8) is 0 Å². The van der Waals surface area contributed by atoms with Crippen LogP contribution >= 0.6 is 27.3 Å². The Morgan fingerprint density at radius 3 is 2.72 bits per heavy atom. The Morgan fingerprint density at radius 1 is 1.33 bits per heavy atom. The summed E-state index contributed by atoms with van der Waals surface area (Å²) >= 11 is 5.28. The highest BCUT2D eigenvalue weighted by Crippen LogP contribution is 2.46. The Balaban J connectivity index is 1.97. The van der Waals surface area contributed by atoms with Crippen LogP contribution in [0.15, 0.2) is 34.1 Å². The molecule has 0 radical (unpaired) electrons. The summed E-state index contributed by atoms with van der Waals surface area (Å²) in [6.45, 7) is 0. The van der Waals surface area contributed by atoms with Gasteiger partial charge >= 0.3 is 0 Å². The van der Waals surface area contributed by atoms with Crippen molar-refractivity contribution in [3.05, 3.63) is 39.1 Å². The standard InChI is InChI=1S/C14H14BrNOS/c1-17-14(7-4-8-14)13-16-12(9-18-13)10-5-2-3-6-11(10)15/h2-3,5-6,9H,4,7-8H2,1H3. The molecule has 2 aromatic rings. The molecule has 0 bridgehead atoms. The van der Waals surface area contributed by atoms with Crippen molar-refractivity contribution < 1.29 is 4.74 Å². The van der Waals surface area contributed by atoms with E-state index in [0.29, 0.717) is 0 Å². The third kappa shape index (κ3) is 1.92. The van der Waals surface area contributed by atoms with Crippen molar-refractivity contribution in [2.24, 2.45) is 0 Å². The first-order chi connectivity index (χ1) is 8.75. The molecule has 1 aliphatic rings. The molecule has 94 valence electrons. The molecule has 0 N–H and O–H groups in total. The van der Waals surface area contributed by atoms with Gasteiger partial charge in [-0.05, 0) is 25.3 Å². The summed E-state index contributed by atoms with van der Waals surface area (Å²) in [5, 5.41) is 3.23. The summed E-state index contributed by atoms with van der Waals surface area (Å²) in [6, 6.07) is 8.19. The number of halogens is 1. The largest absolute Gasteiger partial charge is 0.371 e. The highest BCUT2D eigenvalue weighted by atomic mass is 79.9. The molecular weight excluding hydrogens is 310 g/mol. The minimum absolute atomic E-state index is 0.107. The average molecular weight is 324 g/mol. The van der Waals surface area contributed by atoms with Gasteiger partial charge in [0, 0.05) is 22.5 Å². The Morgan fingerprint density at radius 2 is 2.11 bits per heavy atom. The predicted molar refractivity (Wildman–Crippen MR) is 77.8 cm³/mol. The highest BCUT2D eigenvalue weighted by Gasteiger charge is 2.41. The number of thiazole rings is 1. The molecule has 0 amide bonds. The lowest BCUT2D eigenvalue weighted by Crippen LogP contribution is -2.35. The molecule has 4 heteroatoms. The van der Waals surface area contributed by atoms with Gasteiger partial charge in [-0.15, -0.1) is 11.3 Å². The lowest BCUT2D eigenvalue weighted by molar-refractivity contribution is -0.0778. The second-order valence-electron chi connectivity index (χ2n) is 4.57. The third-order valence-electron chi connectivity index (χ3n) is 3.60. The molecule has 1 aliphatic carbocycles. The Hall–Kier alpha value is -0.710. The van der Waals surface area contributed by atoms with Crippen LogP contribution in [0.1, 0.15) is 24.3 Å². The van der Waals surface area contributed by atoms with Crippen molar-refractivity contribution in [1.82, 2.24) is 4.98 Å². The zero-order chi connectivity index (χ0) is 12.6. The highest BCUT2D eigenvalue weighted by molar-refractivity contribution is 9.10. The van der Waals surface area contributed by atoms with Gasteiger partial charge in [0.1, 0.15) is 10.6 Å². The van der Waals surface area contributed by atoms with E-state index in [2.05, 4.69) is 27.4 Å². The normalized spacial score (nSPS) is 17.4. The number of aromatic nitrogens is 1. The van der Waals surface area contributed by atoms with Crippen LogP contribution in [0.25, 0.3) is 11.3 Å². The number of ether oxygens (including phenoxy) is 1. The van der Waals surface area contributed by atoms with Gasteiger partial charge in [0.2, 0.25) is 0 Å². The predicted octanol–water partition coefficient (Wildman–Crippen LogP) is 4.60. The number of hydrogen-bond acceptors (Lipinski definition) is 3. The summed E-state index contributed by atoms with van der Waals surface area (Å²) in [5.41, 5.74) is 2.07. The van der Waals surface area contributed by atoms with Gasteiger partial charge < -0.3 is 4.74 Å². The second-order valence-corrected chi connectivity index (χ2v) is 6.28. The number of hydrogen-bond donors (Lipinski definition) is 0. The molecule has 18 heavy (non-hydrogen) atoms. The van der Waals surface area contributed by atoms with E-state index >= 15 is 0 Å². The van der Waals surface area contributed by atoms with E-state index in [1.807, 2.05) is 18.2 Å². The molecule has 2 nitrogen and oxygen atoms in total. The molecule has 0 aliphatic heterocycles. The van der Waals surface area contributed by atoms with Crippen LogP contribution in [0.5, 0.6) is 0 Å². The van der Waals surface area contributed by atoms with Crippen LogP contribution in [0.3, 0.4) is 0 Å². The van der Waals surface area contributed by atoms with Crippen molar-refractivity contribution in [1.29, 1.82) is 0 Å². The lowest BCUT2D eigenvalue weighted by Gasteiger charge is -2.38. The van der Waals surface area contributed by atoms with Gasteiger partial charge in [-0.2, -0.15) is 0 Å². The SMILES string of the molecule is COC1(c2nc(-c3ccccc3Br)cs2)CCC1. The second kappa shape index (κ2) is 4.76. The molecule has 1 fully saturated rings. The van der Waals surface area contributed by atoms with Crippen LogP contribution < -0.4 is 0 Å². The fraction of sp³-hybridized carbons (Fsp3) is 0.357. The van der Waals surface area contributed by atoms with E-state index in [1.165, 1.54) is 6.42 Å². The average Bonchev–Trinajstić information content (AvgIpc) is 2.79. The maximum absolute atomic E-state index is 5.68. The van der Waals surface area contributed by atoms with Crippen LogP contribution in [0.2, 0.25) is 0 Å². The van der Waals surface area contributed by atoms with E-state index in [0.717, 1.165) is 33.6 Å². The zero-order valence-electron chi connectivity index (χ0n) is 10.1. The molecule has 1 aromatic carbocycles. The first-order valence-corrected chi connectivity index (χ1v) is 7.68. The quantitative estimate of drug-likeness (QED) is 0.823. The summed E-state index contributed by atoms with van der Waals surface area (Å²) in [4.78, 5) is 4.77. The molecule has 1 saturated carbocycles. The van der Waals surface area contributed by atoms with Gasteiger partial charge in [0.25, 0.3) is 0 Å². The maximum Gasteiger partial charge on any atom is 0.125 e. The molecule has 1 heterocycles. The summed E-state index contributed by atoms with van der Waals surface area (Å²) in [5.74, 6) is 0. The van der Waals surface area contributed by atoms with Crippen molar-refractivity contribution in [2.45, 2.75) is 24.9 Å². The van der Waals surface area contributed by atoms with E-state index in [9.17, 15) is 0 Å². The molecule has 0 unspecified atom stereocenters. The smallest absolute Gasteiger partial charge is 0.125 e. The van der Waals surface area contributed by atoms with Gasteiger partial charge in [-0.3, -0.25) is 0 Å². The van der Waals surface area contributed by atoms with Crippen molar-refractivity contribution in [3.8, 4) is 11.3 Å². The summed E-state index contributed by atoms with van der Waals surface area (Å²) in [6.07, 6.45) is 3.41. The maximum atomic E-state index is 5.68. The Bertz CT molecular complexity index is 557. The van der Waals surface area contributed by atoms with E-state index in [4.69, 9.17) is 9.72 Å². The molecule has 0 spiro atoms. The van der Waals surface area contributed by atoms with E-state index in [-0.39, 0.29) is 5.60 Å². The Kier molecular flexibility index (Phi) is 3.26. The summed E-state index contributed by atoms with van der Waals surface area (Å²) < 4.78 is 6.76. The van der Waals surface area contributed by atoms with Gasteiger partial charge in [0.05, 0.1) is 5.69 Å². The van der Waals surface area contributed by atoms with Crippen LogP contribution in [-0.2, 0) is 10.3 Å². The number of methoxy groups -OCH3 is 1. The molecule has 0 saturated heterocycles. The summed E-state index contributed by atoms with van der Waals surface area (Å²) in [7, 11) is 1.79. The third-order valence-corrected chi connectivity index (χ3v) is 5.31. The van der Waals surface area contributed by atoms with Crippen molar-refractivity contribution >= 4 is 27.3 Å². The fourth-order valence-electron chi connectivity index (χ4n) is 2.28. The molecular formula is C14H14BrNOS. The van der Waals surface area contributed by atoms with Crippen LogP contribution in [0, 0.1) is 0 Å². The first kappa shape index (κ1) is 12.3. The molecule has 0 atom stereocenters. The van der Waals surface area contributed by atoms with Crippen LogP contribution in [0.4, 0.5) is 0 Å². The molecule has 1 aromatic heterocycles. The minimum Gasteiger partial charge on any atom is -0.371 e. The van der Waals surface area contributed by atoms with E-state index in [1.54, 1.807) is 18.4 Å². The number of nitrogens with zero attached hydrogens (tertiary/aromatic N) is 1. The molecule has 3 rings (SSSR count). The van der Waals surface area contributed by atoms with Gasteiger partial charge in [-0.25, -0.2) is 4.98 Å². The monoisotopic (exact) mass is 323 g/mol. The fourth-order valence-corrected chi connectivity index (χ4v) is 3.82. The number of benzene rings is 1. The Labute approximate surface area is 119 Å². The van der Waals surface area contributed by atoms with Crippen molar-refractivity contribution in [2.75, 3.05) is 7.11 Å². The van der Waals surface area contributed by atoms with Crippen LogP contribution in [-0.4, -0.2) is 12.1 Å². The lowest BCUT2D eigenvalue weighted by atomic mass is 9.80. The van der Waals surface area contributed by atoms with Gasteiger partial charge in [0.15, 0.2) is 0 Å². The van der Waals surface area contributed by atoms with E-state index < -0.39 is 0 Å². The zero-order valence-corrected chi connectivity index (χ0v) is 12.6. The first-order valence-electron chi connectivity index (χ1n) is 6.01. The minimum atomic E-state index is -0.107. The topological polar surface area (TPSA) is 22.1 Å².